The van der Waals surface area contributed by atoms with E-state index in [9.17, 15) is 0 Å². The molecule has 0 aliphatic heterocycles. The molecule has 0 fully saturated rings. The van der Waals surface area contributed by atoms with Crippen molar-refractivity contribution in [2.45, 2.75) is 98.2 Å². The van der Waals surface area contributed by atoms with Crippen molar-refractivity contribution in [1.82, 2.24) is 0 Å². The highest BCUT2D eigenvalue weighted by atomic mass is 28.3. The van der Waals surface area contributed by atoms with Crippen LogP contribution in [0.5, 0.6) is 0 Å². The van der Waals surface area contributed by atoms with E-state index < -0.39 is 0 Å². The van der Waals surface area contributed by atoms with Crippen molar-refractivity contribution in [3.8, 4) is 0 Å². The molecular weight excluding hydrogens is 244 g/mol. The number of hydrogen-bond acceptors (Lipinski definition) is 0. The van der Waals surface area contributed by atoms with Crippen LogP contribution in [-0.2, 0) is 0 Å². The second kappa shape index (κ2) is 12.0. The van der Waals surface area contributed by atoms with Gasteiger partial charge in [-0.2, -0.15) is 0 Å². The molecule has 0 saturated carbocycles. The van der Waals surface area contributed by atoms with Gasteiger partial charge in [0.25, 0.3) is 0 Å². The maximum Gasteiger partial charge on any atom is 0.0479 e. The summed E-state index contributed by atoms with van der Waals surface area (Å²) in [5.74, 6) is 2.69. The van der Waals surface area contributed by atoms with Crippen molar-refractivity contribution >= 4 is 8.80 Å². The molecule has 0 nitrogen and oxygen atoms in total. The van der Waals surface area contributed by atoms with E-state index in [0.717, 1.165) is 17.8 Å². The Morgan fingerprint density at radius 2 is 0.789 bits per heavy atom. The molecule has 0 aromatic heterocycles. The lowest BCUT2D eigenvalue weighted by Crippen LogP contribution is -2.13. The van der Waals surface area contributed by atoms with Crippen molar-refractivity contribution < 1.29 is 0 Å². The van der Waals surface area contributed by atoms with Gasteiger partial charge in [-0.1, -0.05) is 98.2 Å². The first-order chi connectivity index (χ1) is 8.91. The van der Waals surface area contributed by atoms with Crippen LogP contribution in [0.15, 0.2) is 0 Å². The van der Waals surface area contributed by atoms with Crippen LogP contribution >= 0.6 is 0 Å². The fraction of sp³-hybridized carbons (Fsp3) is 1.00. The molecule has 1 heteroatoms. The lowest BCUT2D eigenvalue weighted by Gasteiger charge is -2.17. The minimum absolute atomic E-state index is 0.0315. The number of hydrogen-bond donors (Lipinski definition) is 0. The highest BCUT2D eigenvalue weighted by Gasteiger charge is 2.12. The summed E-state index contributed by atoms with van der Waals surface area (Å²) in [6.07, 6.45) is 8.83. The normalized spacial score (nSPS) is 12.3. The lowest BCUT2D eigenvalue weighted by atomic mass is 10.1. The van der Waals surface area contributed by atoms with E-state index in [1.807, 2.05) is 0 Å². The van der Waals surface area contributed by atoms with Crippen molar-refractivity contribution in [2.24, 2.45) is 17.8 Å². The van der Waals surface area contributed by atoms with Crippen molar-refractivity contribution in [2.75, 3.05) is 0 Å². The van der Waals surface area contributed by atoms with Gasteiger partial charge >= 0.3 is 0 Å². The Balaban J connectivity index is 3.85. The van der Waals surface area contributed by atoms with E-state index in [0.29, 0.717) is 0 Å². The second-order valence-corrected chi connectivity index (χ2v) is 10.6. The van der Waals surface area contributed by atoms with Gasteiger partial charge in [-0.3, -0.25) is 0 Å². The van der Waals surface area contributed by atoms with Gasteiger partial charge in [-0.05, 0) is 17.8 Å². The van der Waals surface area contributed by atoms with Gasteiger partial charge < -0.3 is 0 Å². The molecule has 0 aliphatic carbocycles. The Kier molecular flexibility index (Phi) is 12.1. The molecule has 19 heavy (non-hydrogen) atoms. The molecule has 0 bridgehead atoms. The molecule has 0 aliphatic rings. The van der Waals surface area contributed by atoms with Crippen LogP contribution < -0.4 is 0 Å². The standard InChI is InChI=1S/C18H39Si/c1-16(2)10-7-13-19(14-8-11-17(3)4)15-9-12-18(5)6/h16-18H,7-15H2,1-6H3. The summed E-state index contributed by atoms with van der Waals surface area (Å²) in [4.78, 5) is 0. The first-order valence-corrected chi connectivity index (χ1v) is 10.9. The Morgan fingerprint density at radius 1 is 0.526 bits per heavy atom. The average molecular weight is 284 g/mol. The van der Waals surface area contributed by atoms with Crippen LogP contribution in [0.25, 0.3) is 0 Å². The topological polar surface area (TPSA) is 0 Å². The first kappa shape index (κ1) is 19.2. The highest BCUT2D eigenvalue weighted by Crippen LogP contribution is 2.20. The van der Waals surface area contributed by atoms with E-state index in [2.05, 4.69) is 41.5 Å². The summed E-state index contributed by atoms with van der Waals surface area (Å²) < 4.78 is 0. The fourth-order valence-corrected chi connectivity index (χ4v) is 5.52. The van der Waals surface area contributed by atoms with Gasteiger partial charge in [-0.15, -0.1) is 0 Å². The summed E-state index contributed by atoms with van der Waals surface area (Å²) in [5.41, 5.74) is 0. The van der Waals surface area contributed by atoms with Gasteiger partial charge in [0, 0.05) is 8.80 Å². The molecule has 0 aromatic carbocycles. The van der Waals surface area contributed by atoms with Gasteiger partial charge in [0.2, 0.25) is 0 Å². The molecule has 0 unspecified atom stereocenters. The SMILES string of the molecule is CC(C)CCC[Si](CCCC(C)C)CCCC(C)C. The van der Waals surface area contributed by atoms with Crippen molar-refractivity contribution in [3.05, 3.63) is 0 Å². The Labute approximate surface area is 125 Å². The summed E-state index contributed by atoms with van der Waals surface area (Å²) in [5, 5.41) is 0. The van der Waals surface area contributed by atoms with Crippen LogP contribution in [0, 0.1) is 17.8 Å². The predicted octanol–water partition coefficient (Wildman–Crippen LogP) is 6.79. The Bertz CT molecular complexity index is 151. The summed E-state index contributed by atoms with van der Waals surface area (Å²) >= 11 is 0. The molecule has 0 saturated heterocycles. The molecule has 0 N–H and O–H groups in total. The third-order valence-electron chi connectivity index (χ3n) is 3.94. The molecule has 0 aromatic rings. The van der Waals surface area contributed by atoms with Crippen LogP contribution in [-0.4, -0.2) is 8.80 Å². The van der Waals surface area contributed by atoms with Crippen LogP contribution in [0.3, 0.4) is 0 Å². The average Bonchev–Trinajstić information content (AvgIpc) is 2.26. The third kappa shape index (κ3) is 14.4. The first-order valence-electron chi connectivity index (χ1n) is 8.75. The minimum atomic E-state index is -0.0315. The van der Waals surface area contributed by atoms with Gasteiger partial charge in [0.15, 0.2) is 0 Å². The lowest BCUT2D eigenvalue weighted by molar-refractivity contribution is 0.558. The molecular formula is C18H39Si. The Hall–Kier alpha value is 0.217. The zero-order valence-electron chi connectivity index (χ0n) is 14.6. The van der Waals surface area contributed by atoms with Gasteiger partial charge in [-0.25, -0.2) is 0 Å². The second-order valence-electron chi connectivity index (χ2n) is 7.61. The van der Waals surface area contributed by atoms with Crippen LogP contribution in [0.1, 0.15) is 80.1 Å². The predicted molar refractivity (Wildman–Crippen MR) is 92.4 cm³/mol. The monoisotopic (exact) mass is 283 g/mol. The number of rotatable bonds is 12. The zero-order chi connectivity index (χ0) is 14.7. The third-order valence-corrected chi connectivity index (χ3v) is 7.12. The van der Waals surface area contributed by atoms with E-state index in [1.54, 1.807) is 18.1 Å². The summed E-state index contributed by atoms with van der Waals surface area (Å²) in [6, 6.07) is 4.75. The van der Waals surface area contributed by atoms with Gasteiger partial charge in [0.1, 0.15) is 0 Å². The largest absolute Gasteiger partial charge is 0.0628 e. The van der Waals surface area contributed by atoms with E-state index in [1.165, 1.54) is 38.5 Å². The molecule has 0 rings (SSSR count). The fourth-order valence-electron chi connectivity index (χ4n) is 2.66. The van der Waals surface area contributed by atoms with Crippen LogP contribution in [0.4, 0.5) is 0 Å². The molecule has 0 amide bonds. The molecule has 0 spiro atoms. The maximum atomic E-state index is 2.37. The summed E-state index contributed by atoms with van der Waals surface area (Å²) in [6.45, 7) is 14.2. The quantitative estimate of drug-likeness (QED) is 0.346. The molecule has 0 atom stereocenters. The van der Waals surface area contributed by atoms with Crippen LogP contribution in [0.2, 0.25) is 18.1 Å². The molecule has 1 radical (unpaired) electrons. The maximum absolute atomic E-state index is 2.37. The van der Waals surface area contributed by atoms with E-state index in [-0.39, 0.29) is 8.80 Å². The molecule has 115 valence electrons. The van der Waals surface area contributed by atoms with E-state index in [4.69, 9.17) is 0 Å². The summed E-state index contributed by atoms with van der Waals surface area (Å²) in [7, 11) is -0.0315. The Morgan fingerprint density at radius 3 is 1.00 bits per heavy atom. The molecule has 0 heterocycles. The minimum Gasteiger partial charge on any atom is -0.0628 e. The zero-order valence-corrected chi connectivity index (χ0v) is 15.6. The van der Waals surface area contributed by atoms with E-state index >= 15 is 0 Å². The van der Waals surface area contributed by atoms with Crippen molar-refractivity contribution in [1.29, 1.82) is 0 Å². The highest BCUT2D eigenvalue weighted by molar-refractivity contribution is 6.58. The smallest absolute Gasteiger partial charge is 0.0479 e. The van der Waals surface area contributed by atoms with Crippen molar-refractivity contribution in [3.63, 3.8) is 0 Å². The van der Waals surface area contributed by atoms with Gasteiger partial charge in [0.05, 0.1) is 0 Å².